The Morgan fingerprint density at radius 1 is 0.886 bits per heavy atom. The number of hydrogen-bond acceptors (Lipinski definition) is 3. The van der Waals surface area contributed by atoms with E-state index in [4.69, 9.17) is 23.2 Å². The van der Waals surface area contributed by atoms with Crippen LogP contribution in [0.15, 0.2) is 78.9 Å². The van der Waals surface area contributed by atoms with Crippen molar-refractivity contribution in [3.05, 3.63) is 106 Å². The highest BCUT2D eigenvalue weighted by Crippen LogP contribution is 2.22. The van der Waals surface area contributed by atoms with Crippen LogP contribution in [0.25, 0.3) is 0 Å². The van der Waals surface area contributed by atoms with Crippen LogP contribution in [-0.4, -0.2) is 34.6 Å². The summed E-state index contributed by atoms with van der Waals surface area (Å²) in [6, 6.07) is 24.1. The lowest BCUT2D eigenvalue weighted by Gasteiger charge is -2.32. The summed E-state index contributed by atoms with van der Waals surface area (Å²) in [5.41, 5.74) is 2.88. The molecule has 4 nitrogen and oxygen atoms in total. The number of benzene rings is 3. The minimum atomic E-state index is -0.667. The Hall–Kier alpha value is -2.47. The molecule has 3 aromatic carbocycles. The summed E-state index contributed by atoms with van der Waals surface area (Å²) in [5.74, 6) is 0.633. The summed E-state index contributed by atoms with van der Waals surface area (Å²) < 4.78 is 0. The number of thioether (sulfide) groups is 1. The molecular formula is C28H30Cl2N2O2S. The molecule has 0 fully saturated rings. The first-order chi connectivity index (χ1) is 16.8. The molecule has 1 N–H and O–H groups in total. The van der Waals surface area contributed by atoms with Crippen molar-refractivity contribution in [2.24, 2.45) is 0 Å². The van der Waals surface area contributed by atoms with Gasteiger partial charge in [-0.1, -0.05) is 83.9 Å². The van der Waals surface area contributed by atoms with Gasteiger partial charge in [0.2, 0.25) is 11.8 Å². The number of rotatable bonds is 11. The number of nitrogens with one attached hydrogen (secondary N) is 1. The molecule has 3 rings (SSSR count). The molecule has 2 amide bonds. The highest BCUT2D eigenvalue weighted by atomic mass is 35.5. The van der Waals surface area contributed by atoms with Crippen molar-refractivity contribution in [3.63, 3.8) is 0 Å². The van der Waals surface area contributed by atoms with Crippen molar-refractivity contribution in [2.45, 2.75) is 44.6 Å². The molecule has 0 aliphatic rings. The fourth-order valence-corrected chi connectivity index (χ4v) is 4.86. The highest BCUT2D eigenvalue weighted by molar-refractivity contribution is 7.99. The maximum absolute atomic E-state index is 13.6. The van der Waals surface area contributed by atoms with Gasteiger partial charge in [-0.25, -0.2) is 0 Å². The lowest BCUT2D eigenvalue weighted by molar-refractivity contribution is -0.139. The molecule has 3 aromatic rings. The number of hydrogen-bond donors (Lipinski definition) is 1. The monoisotopic (exact) mass is 528 g/mol. The smallest absolute Gasteiger partial charge is 0.243 e. The van der Waals surface area contributed by atoms with Crippen molar-refractivity contribution in [1.29, 1.82) is 0 Å². The van der Waals surface area contributed by atoms with Gasteiger partial charge in [0.25, 0.3) is 0 Å². The maximum Gasteiger partial charge on any atom is 0.243 e. The molecule has 0 unspecified atom stereocenters. The largest absolute Gasteiger partial charge is 0.352 e. The third kappa shape index (κ3) is 8.60. The summed E-state index contributed by atoms with van der Waals surface area (Å²) in [4.78, 5) is 28.6. The summed E-state index contributed by atoms with van der Waals surface area (Å²) in [7, 11) is 0. The van der Waals surface area contributed by atoms with Gasteiger partial charge in [-0.15, -0.1) is 11.8 Å². The zero-order chi connectivity index (χ0) is 25.2. The average Bonchev–Trinajstić information content (AvgIpc) is 2.83. The van der Waals surface area contributed by atoms with Crippen molar-refractivity contribution in [3.8, 4) is 0 Å². The molecular weight excluding hydrogens is 499 g/mol. The first-order valence-electron chi connectivity index (χ1n) is 11.5. The van der Waals surface area contributed by atoms with Gasteiger partial charge in [-0.2, -0.15) is 0 Å². The zero-order valence-electron chi connectivity index (χ0n) is 19.9. The second-order valence-electron chi connectivity index (χ2n) is 8.60. The summed E-state index contributed by atoms with van der Waals surface area (Å²) in [5, 5.41) is 4.25. The van der Waals surface area contributed by atoms with Crippen LogP contribution < -0.4 is 5.32 Å². The van der Waals surface area contributed by atoms with Gasteiger partial charge in [0.05, 0.1) is 5.75 Å². The van der Waals surface area contributed by atoms with E-state index in [0.29, 0.717) is 22.2 Å². The van der Waals surface area contributed by atoms with Gasteiger partial charge in [-0.05, 0) is 48.7 Å². The van der Waals surface area contributed by atoms with E-state index in [0.717, 1.165) is 16.7 Å². The van der Waals surface area contributed by atoms with E-state index in [-0.39, 0.29) is 30.2 Å². The number of amides is 2. The molecule has 0 aromatic heterocycles. The second-order valence-corrected chi connectivity index (χ2v) is 10.4. The van der Waals surface area contributed by atoms with Crippen LogP contribution in [-0.2, 0) is 28.3 Å². The lowest BCUT2D eigenvalue weighted by atomic mass is 10.0. The molecule has 0 aliphatic heterocycles. The highest BCUT2D eigenvalue weighted by Gasteiger charge is 2.31. The predicted octanol–water partition coefficient (Wildman–Crippen LogP) is 6.39. The van der Waals surface area contributed by atoms with Crippen molar-refractivity contribution in [1.82, 2.24) is 10.2 Å². The molecule has 0 spiro atoms. The predicted molar refractivity (Wildman–Crippen MR) is 147 cm³/mol. The molecule has 0 saturated heterocycles. The lowest BCUT2D eigenvalue weighted by Crippen LogP contribution is -2.52. The molecule has 184 valence electrons. The SMILES string of the molecule is CC(C)NC(=O)[C@H](Cc1ccccc1)N(Cc1ccccc1Cl)C(=O)CSCc1ccc(Cl)cc1. The molecule has 1 atom stereocenters. The van der Waals surface area contributed by atoms with Gasteiger partial charge in [0.1, 0.15) is 6.04 Å². The van der Waals surface area contributed by atoms with Crippen LogP contribution in [0.5, 0.6) is 0 Å². The van der Waals surface area contributed by atoms with Crippen molar-refractivity contribution < 1.29 is 9.59 Å². The summed E-state index contributed by atoms with van der Waals surface area (Å²) >= 11 is 13.9. The molecule has 0 heterocycles. The van der Waals surface area contributed by atoms with Gasteiger partial charge in [-0.3, -0.25) is 9.59 Å². The van der Waals surface area contributed by atoms with Crippen molar-refractivity contribution >= 4 is 46.8 Å². The fraction of sp³-hybridized carbons (Fsp3) is 0.286. The first kappa shape index (κ1) is 27.1. The Balaban J connectivity index is 1.85. The Morgan fingerprint density at radius 3 is 2.20 bits per heavy atom. The molecule has 0 saturated carbocycles. The van der Waals surface area contributed by atoms with Crippen LogP contribution in [0.1, 0.15) is 30.5 Å². The van der Waals surface area contributed by atoms with Gasteiger partial charge >= 0.3 is 0 Å². The molecule has 7 heteroatoms. The summed E-state index contributed by atoms with van der Waals surface area (Å²) in [6.07, 6.45) is 0.414. The van der Waals surface area contributed by atoms with Gasteiger partial charge in [0.15, 0.2) is 0 Å². The Morgan fingerprint density at radius 2 is 1.54 bits per heavy atom. The van der Waals surface area contributed by atoms with Crippen LogP contribution in [0, 0.1) is 0 Å². The van der Waals surface area contributed by atoms with E-state index in [1.165, 1.54) is 11.8 Å². The number of nitrogens with zero attached hydrogens (tertiary/aromatic N) is 1. The van der Waals surface area contributed by atoms with Gasteiger partial charge in [0, 0.05) is 34.8 Å². The third-order valence-electron chi connectivity index (χ3n) is 5.41. The van der Waals surface area contributed by atoms with E-state index in [9.17, 15) is 9.59 Å². The first-order valence-corrected chi connectivity index (χ1v) is 13.4. The number of carbonyl (C=O) groups is 2. The number of carbonyl (C=O) groups excluding carboxylic acids is 2. The molecule has 35 heavy (non-hydrogen) atoms. The van der Waals surface area contributed by atoms with E-state index >= 15 is 0 Å². The van der Waals surface area contributed by atoms with E-state index in [1.54, 1.807) is 11.0 Å². The maximum atomic E-state index is 13.6. The molecule has 0 aliphatic carbocycles. The van der Waals surface area contributed by atoms with Crippen LogP contribution in [0.4, 0.5) is 0 Å². The Kier molecular flexibility index (Phi) is 10.5. The van der Waals surface area contributed by atoms with E-state index < -0.39 is 6.04 Å². The van der Waals surface area contributed by atoms with E-state index in [1.807, 2.05) is 86.6 Å². The normalized spacial score (nSPS) is 11.8. The van der Waals surface area contributed by atoms with Crippen LogP contribution >= 0.6 is 35.0 Å². The Labute approximate surface area is 222 Å². The van der Waals surface area contributed by atoms with Gasteiger partial charge < -0.3 is 10.2 Å². The van der Waals surface area contributed by atoms with E-state index in [2.05, 4.69) is 5.32 Å². The third-order valence-corrected chi connectivity index (χ3v) is 7.02. The quantitative estimate of drug-likeness (QED) is 0.313. The Bertz CT molecular complexity index is 1110. The van der Waals surface area contributed by atoms with Crippen LogP contribution in [0.3, 0.4) is 0 Å². The van der Waals surface area contributed by atoms with Crippen LogP contribution in [0.2, 0.25) is 10.0 Å². The average molecular weight is 530 g/mol. The fourth-order valence-electron chi connectivity index (χ4n) is 3.66. The zero-order valence-corrected chi connectivity index (χ0v) is 22.2. The minimum Gasteiger partial charge on any atom is -0.352 e. The summed E-state index contributed by atoms with van der Waals surface area (Å²) in [6.45, 7) is 4.09. The van der Waals surface area contributed by atoms with Crippen molar-refractivity contribution in [2.75, 3.05) is 5.75 Å². The topological polar surface area (TPSA) is 49.4 Å². The number of halogens is 2. The molecule has 0 radical (unpaired) electrons. The molecule has 0 bridgehead atoms. The standard InChI is InChI=1S/C28H30Cl2N2O2S/c1-20(2)31-28(34)26(16-21-8-4-3-5-9-21)32(17-23-10-6-7-11-25(23)30)27(33)19-35-18-22-12-14-24(29)15-13-22/h3-15,20,26H,16-19H2,1-2H3,(H,31,34)/t26-/m0/s1. The second kappa shape index (κ2) is 13.6. The minimum absolute atomic E-state index is 0.0441.